The molecule has 108 valence electrons. The van der Waals surface area contributed by atoms with Crippen molar-refractivity contribution >= 4 is 5.84 Å². The van der Waals surface area contributed by atoms with Gasteiger partial charge in [0.1, 0.15) is 11.7 Å². The molecule has 1 saturated carbocycles. The molecule has 3 heteroatoms. The van der Waals surface area contributed by atoms with Crippen molar-refractivity contribution in [3.05, 3.63) is 35.1 Å². The van der Waals surface area contributed by atoms with Gasteiger partial charge < -0.3 is 4.90 Å². The Kier molecular flexibility index (Phi) is 3.77. The van der Waals surface area contributed by atoms with Crippen LogP contribution >= 0.6 is 0 Å². The standard InChI is InChI=1S/C17H23FN2/c1-2-16(12-6-4-3-5-7-12)20-11-13-8-9-14(18)10-15(13)17(20)19/h8-10,12,16,19H,2-7,11H2,1H3. The van der Waals surface area contributed by atoms with Crippen LogP contribution in [0.5, 0.6) is 0 Å². The maximum atomic E-state index is 13.4. The lowest BCUT2D eigenvalue weighted by molar-refractivity contribution is 0.177. The molecule has 2 nitrogen and oxygen atoms in total. The second-order valence-electron chi connectivity index (χ2n) is 6.15. The zero-order chi connectivity index (χ0) is 14.1. The topological polar surface area (TPSA) is 27.1 Å². The molecule has 0 bridgehead atoms. The molecule has 1 aromatic carbocycles. The number of amidine groups is 1. The zero-order valence-corrected chi connectivity index (χ0v) is 12.2. The molecule has 2 aliphatic rings. The molecule has 1 heterocycles. The molecule has 0 radical (unpaired) electrons. The minimum absolute atomic E-state index is 0.235. The van der Waals surface area contributed by atoms with Crippen LogP contribution in [0.2, 0.25) is 0 Å². The first-order chi connectivity index (χ1) is 9.70. The summed E-state index contributed by atoms with van der Waals surface area (Å²) in [6.45, 7) is 3.00. The minimum Gasteiger partial charge on any atom is -0.349 e. The van der Waals surface area contributed by atoms with Crippen LogP contribution in [0, 0.1) is 17.1 Å². The van der Waals surface area contributed by atoms with Crippen LogP contribution < -0.4 is 0 Å². The van der Waals surface area contributed by atoms with Crippen LogP contribution in [0.25, 0.3) is 0 Å². The van der Waals surface area contributed by atoms with Gasteiger partial charge in [0.15, 0.2) is 0 Å². The summed E-state index contributed by atoms with van der Waals surface area (Å²) in [6, 6.07) is 5.31. The molecule has 1 unspecified atom stereocenters. The Labute approximate surface area is 120 Å². The summed E-state index contributed by atoms with van der Waals surface area (Å²) in [5.74, 6) is 0.992. The average molecular weight is 274 g/mol. The Bertz CT molecular complexity index is 506. The van der Waals surface area contributed by atoms with Crippen molar-refractivity contribution < 1.29 is 4.39 Å². The van der Waals surface area contributed by atoms with Crippen molar-refractivity contribution in [2.75, 3.05) is 0 Å². The predicted octanol–water partition coefficient (Wildman–Crippen LogP) is 4.33. The van der Waals surface area contributed by atoms with Crippen LogP contribution in [0.3, 0.4) is 0 Å². The fourth-order valence-corrected chi connectivity index (χ4v) is 3.93. The lowest BCUT2D eigenvalue weighted by Crippen LogP contribution is -2.41. The summed E-state index contributed by atoms with van der Waals surface area (Å²) in [6.07, 6.45) is 7.65. The molecule has 1 fully saturated rings. The molecule has 0 aromatic heterocycles. The Morgan fingerprint density at radius 3 is 2.75 bits per heavy atom. The number of benzene rings is 1. The van der Waals surface area contributed by atoms with E-state index in [9.17, 15) is 4.39 Å². The fraction of sp³-hybridized carbons (Fsp3) is 0.588. The Hall–Kier alpha value is -1.38. The highest BCUT2D eigenvalue weighted by atomic mass is 19.1. The maximum absolute atomic E-state index is 13.4. The van der Waals surface area contributed by atoms with Crippen LogP contribution in [0.15, 0.2) is 18.2 Å². The first-order valence-corrected chi connectivity index (χ1v) is 7.84. The molecule has 0 spiro atoms. The molecular weight excluding hydrogens is 251 g/mol. The van der Waals surface area contributed by atoms with E-state index in [1.54, 1.807) is 0 Å². The fourth-order valence-electron chi connectivity index (χ4n) is 3.93. The lowest BCUT2D eigenvalue weighted by Gasteiger charge is -2.37. The molecule has 1 aromatic rings. The van der Waals surface area contributed by atoms with Crippen LogP contribution in [-0.2, 0) is 6.54 Å². The van der Waals surface area contributed by atoms with Crippen molar-refractivity contribution in [1.29, 1.82) is 5.41 Å². The summed E-state index contributed by atoms with van der Waals surface area (Å²) in [7, 11) is 0. The van der Waals surface area contributed by atoms with E-state index in [0.717, 1.165) is 24.1 Å². The average Bonchev–Trinajstić information content (AvgIpc) is 2.78. The van der Waals surface area contributed by atoms with E-state index in [4.69, 9.17) is 5.41 Å². The highest BCUT2D eigenvalue weighted by Gasteiger charge is 2.34. The normalized spacial score (nSPS) is 21.1. The summed E-state index contributed by atoms with van der Waals surface area (Å²) in [5, 5.41) is 8.40. The monoisotopic (exact) mass is 274 g/mol. The predicted molar refractivity (Wildman–Crippen MR) is 79.4 cm³/mol. The summed E-state index contributed by atoms with van der Waals surface area (Å²) < 4.78 is 13.4. The Morgan fingerprint density at radius 1 is 1.30 bits per heavy atom. The second kappa shape index (κ2) is 5.55. The van der Waals surface area contributed by atoms with Crippen molar-refractivity contribution in [2.45, 2.75) is 58.0 Å². The van der Waals surface area contributed by atoms with Crippen molar-refractivity contribution in [3.8, 4) is 0 Å². The van der Waals surface area contributed by atoms with Gasteiger partial charge in [-0.15, -0.1) is 0 Å². The van der Waals surface area contributed by atoms with Gasteiger partial charge in [0.05, 0.1) is 0 Å². The Morgan fingerprint density at radius 2 is 2.05 bits per heavy atom. The van der Waals surface area contributed by atoms with Gasteiger partial charge in [-0.2, -0.15) is 0 Å². The van der Waals surface area contributed by atoms with Gasteiger partial charge in [-0.1, -0.05) is 32.3 Å². The molecule has 20 heavy (non-hydrogen) atoms. The van der Waals surface area contributed by atoms with Crippen LogP contribution in [-0.4, -0.2) is 16.8 Å². The van der Waals surface area contributed by atoms with Crippen LogP contribution in [0.1, 0.15) is 56.6 Å². The van der Waals surface area contributed by atoms with Gasteiger partial charge in [0, 0.05) is 18.2 Å². The number of nitrogens with one attached hydrogen (secondary N) is 1. The molecular formula is C17H23FN2. The summed E-state index contributed by atoms with van der Waals surface area (Å²) >= 11 is 0. The zero-order valence-electron chi connectivity index (χ0n) is 12.2. The SMILES string of the molecule is CCC(C1CCCCC1)N1Cc2ccc(F)cc2C1=N. The lowest BCUT2D eigenvalue weighted by atomic mass is 9.82. The van der Waals surface area contributed by atoms with E-state index in [1.807, 2.05) is 6.07 Å². The van der Waals surface area contributed by atoms with Crippen molar-refractivity contribution in [3.63, 3.8) is 0 Å². The van der Waals surface area contributed by atoms with E-state index >= 15 is 0 Å². The molecule has 3 rings (SSSR count). The number of hydrogen-bond acceptors (Lipinski definition) is 1. The third-order valence-electron chi connectivity index (χ3n) is 4.97. The van der Waals surface area contributed by atoms with E-state index in [2.05, 4.69) is 11.8 Å². The molecule has 1 aliphatic carbocycles. The molecule has 1 atom stereocenters. The van der Waals surface area contributed by atoms with Crippen molar-refractivity contribution in [1.82, 2.24) is 4.90 Å². The second-order valence-corrected chi connectivity index (χ2v) is 6.15. The number of fused-ring (bicyclic) bond motifs is 1. The minimum atomic E-state index is -0.235. The number of rotatable bonds is 3. The first kappa shape index (κ1) is 13.6. The molecule has 1 N–H and O–H groups in total. The highest BCUT2D eigenvalue weighted by molar-refractivity contribution is 6.00. The van der Waals surface area contributed by atoms with Crippen molar-refractivity contribution in [2.24, 2.45) is 5.92 Å². The van der Waals surface area contributed by atoms with Gasteiger partial charge in [0.2, 0.25) is 0 Å². The third kappa shape index (κ3) is 2.34. The highest BCUT2D eigenvalue weighted by Crippen LogP contribution is 2.35. The molecule has 0 saturated heterocycles. The number of hydrogen-bond donors (Lipinski definition) is 1. The number of halogens is 1. The van der Waals surface area contributed by atoms with Gasteiger partial charge in [-0.3, -0.25) is 5.41 Å². The number of nitrogens with zero attached hydrogens (tertiary/aromatic N) is 1. The largest absolute Gasteiger partial charge is 0.349 e. The van der Waals surface area contributed by atoms with E-state index < -0.39 is 0 Å². The molecule has 0 amide bonds. The van der Waals surface area contributed by atoms with E-state index in [0.29, 0.717) is 17.8 Å². The van der Waals surface area contributed by atoms with Gasteiger partial charge in [-0.25, -0.2) is 4.39 Å². The van der Waals surface area contributed by atoms with E-state index in [-0.39, 0.29) is 5.82 Å². The van der Waals surface area contributed by atoms with Gasteiger partial charge >= 0.3 is 0 Å². The maximum Gasteiger partial charge on any atom is 0.129 e. The third-order valence-corrected chi connectivity index (χ3v) is 4.97. The van der Waals surface area contributed by atoms with E-state index in [1.165, 1.54) is 44.2 Å². The quantitative estimate of drug-likeness (QED) is 0.873. The summed E-state index contributed by atoms with van der Waals surface area (Å²) in [5.41, 5.74) is 1.89. The van der Waals surface area contributed by atoms with Gasteiger partial charge in [-0.05, 0) is 42.9 Å². The van der Waals surface area contributed by atoms with Gasteiger partial charge in [0.25, 0.3) is 0 Å². The molecule has 1 aliphatic heterocycles. The summed E-state index contributed by atoms with van der Waals surface area (Å²) in [4.78, 5) is 2.21. The smallest absolute Gasteiger partial charge is 0.129 e. The van der Waals surface area contributed by atoms with Crippen LogP contribution in [0.4, 0.5) is 4.39 Å². The Balaban J connectivity index is 1.82. The first-order valence-electron chi connectivity index (χ1n) is 7.84.